The lowest BCUT2D eigenvalue weighted by molar-refractivity contribution is -0.123. The van der Waals surface area contributed by atoms with Crippen LogP contribution in [0.15, 0.2) is 54.6 Å². The highest BCUT2D eigenvalue weighted by Gasteiger charge is 2.61. The number of nitrogens with zero attached hydrogens (tertiary/aromatic N) is 1. The summed E-state index contributed by atoms with van der Waals surface area (Å²) in [6.45, 7) is 1.72. The molecule has 0 N–H and O–H groups in total. The third-order valence-electron chi connectivity index (χ3n) is 6.76. The maximum absolute atomic E-state index is 12.9. The van der Waals surface area contributed by atoms with Gasteiger partial charge in [0.15, 0.2) is 6.10 Å². The van der Waals surface area contributed by atoms with Crippen LogP contribution < -0.4 is 9.64 Å². The van der Waals surface area contributed by atoms with Crippen LogP contribution in [0.25, 0.3) is 0 Å². The topological polar surface area (TPSA) is 63.7 Å². The molecule has 2 aromatic rings. The number of carbonyl (C=O) groups is 3. The average molecular weight is 389 g/mol. The van der Waals surface area contributed by atoms with Crippen LogP contribution in [-0.2, 0) is 9.59 Å². The predicted molar refractivity (Wildman–Crippen MR) is 108 cm³/mol. The largest absolute Gasteiger partial charge is 0.483 e. The summed E-state index contributed by atoms with van der Waals surface area (Å²) in [5.41, 5.74) is 1.19. The SMILES string of the molecule is CC(Oc1ccc(N2C(=O)C3C4CCC(C4)C3C2=O)cc1)C(=O)c1ccccc1. The van der Waals surface area contributed by atoms with E-state index in [1.807, 2.05) is 18.2 Å². The van der Waals surface area contributed by atoms with E-state index in [2.05, 4.69) is 0 Å². The Hall–Kier alpha value is -2.95. The first-order valence-electron chi connectivity index (χ1n) is 10.3. The van der Waals surface area contributed by atoms with E-state index >= 15 is 0 Å². The van der Waals surface area contributed by atoms with Crippen molar-refractivity contribution in [3.05, 3.63) is 60.2 Å². The van der Waals surface area contributed by atoms with Crippen molar-refractivity contribution < 1.29 is 19.1 Å². The number of hydrogen-bond donors (Lipinski definition) is 0. The number of hydrogen-bond acceptors (Lipinski definition) is 4. The van der Waals surface area contributed by atoms with Crippen LogP contribution in [0, 0.1) is 23.7 Å². The first-order valence-corrected chi connectivity index (χ1v) is 10.3. The molecule has 2 saturated carbocycles. The molecule has 2 bridgehead atoms. The van der Waals surface area contributed by atoms with Crippen LogP contribution in [0.1, 0.15) is 36.5 Å². The second-order valence-electron chi connectivity index (χ2n) is 8.38. The van der Waals surface area contributed by atoms with E-state index in [0.29, 0.717) is 28.8 Å². The van der Waals surface area contributed by atoms with Crippen molar-refractivity contribution >= 4 is 23.3 Å². The lowest BCUT2D eigenvalue weighted by Crippen LogP contribution is -2.32. The molecule has 2 amide bonds. The van der Waals surface area contributed by atoms with Gasteiger partial charge in [-0.25, -0.2) is 0 Å². The molecular formula is C24H23NO4. The lowest BCUT2D eigenvalue weighted by Gasteiger charge is -2.19. The minimum atomic E-state index is -0.631. The summed E-state index contributed by atoms with van der Waals surface area (Å²) in [4.78, 5) is 39.7. The third kappa shape index (κ3) is 2.87. The number of ketones is 1. The number of Topliss-reactive ketones (excluding diaryl/α,β-unsaturated/α-hetero) is 1. The molecule has 5 atom stereocenters. The molecule has 5 nitrogen and oxygen atoms in total. The summed E-state index contributed by atoms with van der Waals surface area (Å²) < 4.78 is 5.78. The van der Waals surface area contributed by atoms with Crippen LogP contribution in [-0.4, -0.2) is 23.7 Å². The second-order valence-corrected chi connectivity index (χ2v) is 8.38. The standard InChI is InChI=1S/C24H23NO4/c1-14(22(26)15-5-3-2-4-6-15)29-19-11-9-18(10-12-19)25-23(27)20-16-7-8-17(13-16)21(20)24(25)28/h2-6,9-12,14,16-17,20-21H,7-8,13H2,1H3. The van der Waals surface area contributed by atoms with Gasteiger partial charge in [0.05, 0.1) is 17.5 Å². The zero-order chi connectivity index (χ0) is 20.1. The summed E-state index contributed by atoms with van der Waals surface area (Å²) in [6.07, 6.45) is 2.53. The Morgan fingerprint density at radius 3 is 2.10 bits per heavy atom. The molecular weight excluding hydrogens is 366 g/mol. The van der Waals surface area contributed by atoms with Crippen molar-refractivity contribution in [1.29, 1.82) is 0 Å². The van der Waals surface area contributed by atoms with E-state index in [9.17, 15) is 14.4 Å². The first-order chi connectivity index (χ1) is 14.0. The van der Waals surface area contributed by atoms with Gasteiger partial charge in [-0.2, -0.15) is 0 Å². The molecule has 148 valence electrons. The zero-order valence-corrected chi connectivity index (χ0v) is 16.3. The molecule has 2 aliphatic carbocycles. The first kappa shape index (κ1) is 18.1. The van der Waals surface area contributed by atoms with Gasteiger partial charge >= 0.3 is 0 Å². The average Bonchev–Trinajstić information content (AvgIpc) is 3.43. The summed E-state index contributed by atoms with van der Waals surface area (Å²) in [6, 6.07) is 15.9. The quantitative estimate of drug-likeness (QED) is 0.575. The highest BCUT2D eigenvalue weighted by molar-refractivity contribution is 6.22. The normalized spacial score (nSPS) is 28.5. The van der Waals surface area contributed by atoms with Crippen molar-refractivity contribution in [1.82, 2.24) is 0 Å². The highest BCUT2D eigenvalue weighted by atomic mass is 16.5. The Kier molecular flexibility index (Phi) is 4.26. The van der Waals surface area contributed by atoms with Gasteiger partial charge in [0.1, 0.15) is 5.75 Å². The van der Waals surface area contributed by atoms with Crippen LogP contribution in [0.3, 0.4) is 0 Å². The smallest absolute Gasteiger partial charge is 0.237 e. The maximum atomic E-state index is 12.9. The number of ether oxygens (including phenoxy) is 1. The molecule has 0 radical (unpaired) electrons. The van der Waals surface area contributed by atoms with Gasteiger partial charge in [0, 0.05) is 5.56 Å². The molecule has 3 fully saturated rings. The molecule has 5 rings (SSSR count). The van der Waals surface area contributed by atoms with Crippen molar-refractivity contribution in [2.24, 2.45) is 23.7 Å². The van der Waals surface area contributed by atoms with Gasteiger partial charge in [-0.05, 0) is 62.3 Å². The van der Waals surface area contributed by atoms with E-state index < -0.39 is 6.10 Å². The number of benzene rings is 2. The molecule has 1 saturated heterocycles. The van der Waals surface area contributed by atoms with Gasteiger partial charge in [0.25, 0.3) is 0 Å². The number of carbonyl (C=O) groups excluding carboxylic acids is 3. The zero-order valence-electron chi connectivity index (χ0n) is 16.3. The number of anilines is 1. The van der Waals surface area contributed by atoms with E-state index in [0.717, 1.165) is 19.3 Å². The van der Waals surface area contributed by atoms with Crippen LogP contribution in [0.4, 0.5) is 5.69 Å². The molecule has 0 aromatic heterocycles. The van der Waals surface area contributed by atoms with E-state index in [1.54, 1.807) is 43.3 Å². The number of rotatable bonds is 5. The second kappa shape index (κ2) is 6.83. The fraction of sp³-hybridized carbons (Fsp3) is 0.375. The Morgan fingerprint density at radius 2 is 1.52 bits per heavy atom. The summed E-state index contributed by atoms with van der Waals surface area (Å²) >= 11 is 0. The number of fused-ring (bicyclic) bond motifs is 5. The van der Waals surface area contributed by atoms with Crippen molar-refractivity contribution in [3.8, 4) is 5.75 Å². The Bertz CT molecular complexity index is 940. The Morgan fingerprint density at radius 1 is 0.931 bits per heavy atom. The molecule has 1 heterocycles. The summed E-state index contributed by atoms with van der Waals surface area (Å²) in [5.74, 6) is 0.842. The number of amides is 2. The summed E-state index contributed by atoms with van der Waals surface area (Å²) in [5, 5.41) is 0. The van der Waals surface area contributed by atoms with Crippen molar-refractivity contribution in [3.63, 3.8) is 0 Å². The fourth-order valence-corrected chi connectivity index (χ4v) is 5.43. The molecule has 5 heteroatoms. The molecule has 3 aliphatic rings. The van der Waals surface area contributed by atoms with Gasteiger partial charge in [-0.3, -0.25) is 19.3 Å². The molecule has 1 aliphatic heterocycles. The molecule has 29 heavy (non-hydrogen) atoms. The monoisotopic (exact) mass is 389 g/mol. The Balaban J connectivity index is 1.30. The van der Waals surface area contributed by atoms with E-state index in [4.69, 9.17) is 4.74 Å². The fourth-order valence-electron chi connectivity index (χ4n) is 5.43. The maximum Gasteiger partial charge on any atom is 0.237 e. The highest BCUT2D eigenvalue weighted by Crippen LogP contribution is 2.56. The minimum absolute atomic E-state index is 0.0477. The van der Waals surface area contributed by atoms with Crippen LogP contribution in [0.2, 0.25) is 0 Å². The lowest BCUT2D eigenvalue weighted by atomic mass is 9.81. The van der Waals surface area contributed by atoms with Gasteiger partial charge in [-0.15, -0.1) is 0 Å². The molecule has 5 unspecified atom stereocenters. The van der Waals surface area contributed by atoms with E-state index in [-0.39, 0.29) is 29.4 Å². The van der Waals surface area contributed by atoms with Crippen molar-refractivity contribution in [2.75, 3.05) is 4.90 Å². The van der Waals surface area contributed by atoms with Crippen LogP contribution in [0.5, 0.6) is 5.75 Å². The minimum Gasteiger partial charge on any atom is -0.483 e. The Labute approximate surface area is 169 Å². The van der Waals surface area contributed by atoms with Gasteiger partial charge < -0.3 is 4.74 Å². The van der Waals surface area contributed by atoms with Gasteiger partial charge in [-0.1, -0.05) is 30.3 Å². The molecule has 0 spiro atoms. The number of imide groups is 1. The van der Waals surface area contributed by atoms with Crippen molar-refractivity contribution in [2.45, 2.75) is 32.3 Å². The predicted octanol–water partition coefficient (Wildman–Crippen LogP) is 3.87. The molecule has 2 aromatic carbocycles. The van der Waals surface area contributed by atoms with E-state index in [1.165, 1.54) is 4.90 Å². The third-order valence-corrected chi connectivity index (χ3v) is 6.76. The van der Waals surface area contributed by atoms with Crippen LogP contribution >= 0.6 is 0 Å². The summed E-state index contributed by atoms with van der Waals surface area (Å²) in [7, 11) is 0. The van der Waals surface area contributed by atoms with Gasteiger partial charge in [0.2, 0.25) is 17.6 Å².